The van der Waals surface area contributed by atoms with Gasteiger partial charge in [-0.05, 0) is 114 Å². The van der Waals surface area contributed by atoms with Gasteiger partial charge in [-0.25, -0.2) is 0 Å². The number of rotatable bonds is 39. The highest BCUT2D eigenvalue weighted by Crippen LogP contribution is 2.14. The number of amides is 10. The monoisotopic (exact) mass is 1070 g/mol. The minimum absolute atomic E-state index is 0.0131. The van der Waals surface area contributed by atoms with E-state index in [2.05, 4.69) is 47.9 Å². The zero-order chi connectivity index (χ0) is 57.5. The Balaban J connectivity index is 6.25. The molecule has 0 aliphatic carbocycles. The van der Waals surface area contributed by atoms with Gasteiger partial charge in [0.1, 0.15) is 48.3 Å². The summed E-state index contributed by atoms with van der Waals surface area (Å²) in [6, 6.07) is -9.24. The molecule has 10 amide bonds. The fraction of sp³-hybridized carbons (Fsp3) is 0.804. The summed E-state index contributed by atoms with van der Waals surface area (Å²) in [7, 11) is 0. The van der Waals surface area contributed by atoms with E-state index in [1.165, 1.54) is 6.92 Å². The van der Waals surface area contributed by atoms with Crippen LogP contribution in [0.2, 0.25) is 0 Å². The van der Waals surface area contributed by atoms with Crippen LogP contribution in [0.3, 0.4) is 0 Å². The molecule has 0 heterocycles. The predicted molar refractivity (Wildman–Crippen MR) is 286 cm³/mol. The molecule has 0 radical (unpaired) electrons. The number of unbranched alkanes of at least 4 members (excludes halogenated alkanes) is 2. The average Bonchev–Trinajstić information content (AvgIpc) is 3.31. The van der Waals surface area contributed by atoms with Gasteiger partial charge in [0.25, 0.3) is 0 Å². The van der Waals surface area contributed by atoms with Crippen LogP contribution in [0.1, 0.15) is 153 Å². The van der Waals surface area contributed by atoms with Crippen LogP contribution < -0.4 is 70.8 Å². The Hall–Kier alpha value is -5.46. The maximum Gasteiger partial charge on any atom is 0.245 e. The molecule has 0 aliphatic heterocycles. The van der Waals surface area contributed by atoms with E-state index >= 15 is 0 Å². The topological polar surface area (TPSA) is 403 Å². The maximum atomic E-state index is 14.0. The first kappa shape index (κ1) is 69.5. The number of hydrogen-bond acceptors (Lipinski definition) is 14. The second kappa shape index (κ2) is 37.3. The van der Waals surface area contributed by atoms with Crippen molar-refractivity contribution in [2.45, 2.75) is 208 Å². The van der Waals surface area contributed by atoms with Gasteiger partial charge in [-0.2, -0.15) is 0 Å². The van der Waals surface area contributed by atoms with Gasteiger partial charge in [0.15, 0.2) is 0 Å². The van der Waals surface area contributed by atoms with Crippen LogP contribution >= 0.6 is 0 Å². The Morgan fingerprint density at radius 2 is 0.800 bits per heavy atom. The number of aliphatic hydroxyl groups excluding tert-OH is 1. The molecule has 24 nitrogen and oxygen atoms in total. The fourth-order valence-electron chi connectivity index (χ4n) is 7.97. The Kier molecular flexibility index (Phi) is 34.6. The third-order valence-corrected chi connectivity index (χ3v) is 12.3. The van der Waals surface area contributed by atoms with Crippen LogP contribution in [0.15, 0.2) is 0 Å². The molecule has 0 unspecified atom stereocenters. The predicted octanol–water partition coefficient (Wildman–Crippen LogP) is -1.32. The minimum Gasteiger partial charge on any atom is -0.391 e. The van der Waals surface area contributed by atoms with E-state index in [1.54, 1.807) is 13.8 Å². The lowest BCUT2D eigenvalue weighted by atomic mass is 9.97. The molecule has 432 valence electrons. The summed E-state index contributed by atoms with van der Waals surface area (Å²) in [6.07, 6.45) is 1.73. The van der Waals surface area contributed by atoms with Crippen LogP contribution in [-0.2, 0) is 47.9 Å². The molecule has 0 bridgehead atoms. The molecule has 0 saturated carbocycles. The van der Waals surface area contributed by atoms with Gasteiger partial charge in [0.2, 0.25) is 59.1 Å². The van der Waals surface area contributed by atoms with Crippen LogP contribution in [0.5, 0.6) is 0 Å². The molecule has 0 rings (SSSR count). The molecule has 0 aliphatic rings. The molecule has 0 spiro atoms. The summed E-state index contributed by atoms with van der Waals surface area (Å²) in [4.78, 5) is 134. The molecular formula is C51H97N13O11. The van der Waals surface area contributed by atoms with Crippen molar-refractivity contribution in [3.05, 3.63) is 0 Å². The number of aliphatic hydroxyl groups is 1. The number of nitrogens with one attached hydrogen (secondary N) is 9. The van der Waals surface area contributed by atoms with Gasteiger partial charge in [-0.15, -0.1) is 0 Å². The molecule has 0 aromatic carbocycles. The molecular weight excluding hydrogens is 971 g/mol. The largest absolute Gasteiger partial charge is 0.391 e. The Morgan fingerprint density at radius 1 is 0.427 bits per heavy atom. The Bertz CT molecular complexity index is 1820. The third kappa shape index (κ3) is 28.9. The van der Waals surface area contributed by atoms with Gasteiger partial charge < -0.3 is 75.9 Å². The average molecular weight is 1070 g/mol. The van der Waals surface area contributed by atoms with Crippen molar-refractivity contribution in [3.8, 4) is 0 Å². The zero-order valence-corrected chi connectivity index (χ0v) is 46.7. The van der Waals surface area contributed by atoms with E-state index in [-0.39, 0.29) is 81.8 Å². The van der Waals surface area contributed by atoms with E-state index in [0.29, 0.717) is 45.1 Å². The SMILES string of the molecule is CC[C@H](C)[C@H](NC(=O)CCNC(=O)[C@H](CCCCN)NC(=O)[C@H](CC(C)C)NC(=O)[C@H](CC(C)C)NC(=O)CN)C(=O)N[C@@H](CCCCN)C(=O)N[C@H](C(=O)N[C@@H](CC(C)C)C(=O)N[C@@H](CC(C)C)C(N)=O)[C@@H](C)O. The lowest BCUT2D eigenvalue weighted by Gasteiger charge is -2.29. The van der Waals surface area contributed by atoms with E-state index < -0.39 is 119 Å². The highest BCUT2D eigenvalue weighted by atomic mass is 16.3. The first-order valence-electron chi connectivity index (χ1n) is 26.9. The van der Waals surface area contributed by atoms with E-state index in [4.69, 9.17) is 22.9 Å². The number of primary amides is 1. The third-order valence-electron chi connectivity index (χ3n) is 12.3. The van der Waals surface area contributed by atoms with Gasteiger partial charge >= 0.3 is 0 Å². The van der Waals surface area contributed by atoms with Gasteiger partial charge in [0.05, 0.1) is 12.6 Å². The first-order valence-corrected chi connectivity index (χ1v) is 26.9. The second-order valence-electron chi connectivity index (χ2n) is 21.3. The molecule has 24 heteroatoms. The quantitative estimate of drug-likeness (QED) is 0.0318. The van der Waals surface area contributed by atoms with Crippen molar-refractivity contribution in [3.63, 3.8) is 0 Å². The fourth-order valence-corrected chi connectivity index (χ4v) is 7.97. The standard InChI is InChI=1S/C51H97N13O11/c1-12-32(10)42(50(74)59-35(18-14-16-21-53)46(70)64-43(33(11)65)51(75)62-39(26-31(8)9)49(73)60-36(44(55)68)23-28(2)3)63-40(66)19-22-56-45(69)34(17-13-15-20-52)58-48(72)38(25-30(6)7)61-47(71)37(24-29(4)5)57-41(67)27-54/h28-39,42-43,65H,12-27,52-54H2,1-11H3,(H2,55,68)(H,56,69)(H,57,67)(H,58,72)(H,59,74)(H,60,73)(H,61,71)(H,62,75)(H,63,66)(H,64,70)/t32-,33+,34-,35-,36-,37-,38-,39-,42-,43-/m0/s1. The molecule has 18 N–H and O–H groups in total. The van der Waals surface area contributed by atoms with Crippen LogP contribution in [-0.4, -0.2) is 145 Å². The normalized spacial score (nSPS) is 15.5. The van der Waals surface area contributed by atoms with Crippen LogP contribution in [0, 0.1) is 29.6 Å². The summed E-state index contributed by atoms with van der Waals surface area (Å²) in [5.41, 5.74) is 22.5. The summed E-state index contributed by atoms with van der Waals surface area (Å²) in [5.74, 6) is -7.36. The summed E-state index contributed by atoms with van der Waals surface area (Å²) >= 11 is 0. The molecule has 0 aromatic rings. The maximum absolute atomic E-state index is 14.0. The van der Waals surface area contributed by atoms with Crippen molar-refractivity contribution in [1.29, 1.82) is 0 Å². The van der Waals surface area contributed by atoms with Crippen molar-refractivity contribution >= 4 is 59.1 Å². The highest BCUT2D eigenvalue weighted by Gasteiger charge is 2.36. The zero-order valence-electron chi connectivity index (χ0n) is 46.7. The van der Waals surface area contributed by atoms with Crippen molar-refractivity contribution in [2.24, 2.45) is 52.5 Å². The minimum atomic E-state index is -1.59. The van der Waals surface area contributed by atoms with E-state index in [9.17, 15) is 53.1 Å². The van der Waals surface area contributed by atoms with Gasteiger partial charge in [-0.1, -0.05) is 75.7 Å². The van der Waals surface area contributed by atoms with Gasteiger partial charge in [-0.3, -0.25) is 47.9 Å². The number of carbonyl (C=O) groups is 10. The van der Waals surface area contributed by atoms with Crippen molar-refractivity contribution < 1.29 is 53.1 Å². The smallest absolute Gasteiger partial charge is 0.245 e. The van der Waals surface area contributed by atoms with Gasteiger partial charge in [0, 0.05) is 13.0 Å². The van der Waals surface area contributed by atoms with E-state index in [0.717, 1.165) is 0 Å². The first-order chi connectivity index (χ1) is 35.1. The van der Waals surface area contributed by atoms with Crippen molar-refractivity contribution in [1.82, 2.24) is 47.9 Å². The molecule has 10 atom stereocenters. The number of hydrogen-bond donors (Lipinski definition) is 14. The molecule has 75 heavy (non-hydrogen) atoms. The highest BCUT2D eigenvalue weighted by molar-refractivity contribution is 5.97. The lowest BCUT2D eigenvalue weighted by Crippen LogP contribution is -2.61. The summed E-state index contributed by atoms with van der Waals surface area (Å²) < 4.78 is 0. The molecule has 0 fully saturated rings. The van der Waals surface area contributed by atoms with Crippen molar-refractivity contribution in [2.75, 3.05) is 26.2 Å². The Labute approximate surface area is 445 Å². The number of carbonyl (C=O) groups excluding carboxylic acids is 10. The lowest BCUT2D eigenvalue weighted by molar-refractivity contribution is -0.137. The Morgan fingerprint density at radius 3 is 1.21 bits per heavy atom. The second-order valence-corrected chi connectivity index (χ2v) is 21.3. The van der Waals surface area contributed by atoms with Crippen LogP contribution in [0.25, 0.3) is 0 Å². The molecule has 0 aromatic heterocycles. The van der Waals surface area contributed by atoms with Crippen LogP contribution in [0.4, 0.5) is 0 Å². The summed E-state index contributed by atoms with van der Waals surface area (Å²) in [6.45, 7) is 19.8. The number of nitrogens with two attached hydrogens (primary N) is 4. The molecule has 0 saturated heterocycles. The summed E-state index contributed by atoms with van der Waals surface area (Å²) in [5, 5.41) is 34.7. The van der Waals surface area contributed by atoms with E-state index in [1.807, 2.05) is 55.4 Å².